The van der Waals surface area contributed by atoms with E-state index in [9.17, 15) is 0 Å². The number of fused-ring (bicyclic) bond motifs is 3. The van der Waals surface area contributed by atoms with Gasteiger partial charge in [0.15, 0.2) is 0 Å². The van der Waals surface area contributed by atoms with Crippen molar-refractivity contribution in [3.63, 3.8) is 0 Å². The van der Waals surface area contributed by atoms with Gasteiger partial charge in [0.05, 0.1) is 16.6 Å². The molecule has 0 bridgehead atoms. The summed E-state index contributed by atoms with van der Waals surface area (Å²) in [5.74, 6) is 0. The van der Waals surface area contributed by atoms with E-state index in [4.69, 9.17) is 12.2 Å². The zero-order chi connectivity index (χ0) is 13.5. The second kappa shape index (κ2) is 4.32. The third-order valence-corrected chi connectivity index (χ3v) is 3.88. The molecule has 0 aliphatic heterocycles. The number of hydrogen-bond acceptors (Lipinski definition) is 1. The summed E-state index contributed by atoms with van der Waals surface area (Å²) in [7, 11) is 0. The third kappa shape index (κ3) is 1.67. The minimum atomic E-state index is 0.769. The standard InChI is InChI=1S/C17H12N2S/c20-17-16-10-13(12-6-2-1-3-7-12)11-19(16)15-9-5-4-8-14(15)18-17/h1-11H,(H,18,20). The number of hydrogen-bond donors (Lipinski definition) is 1. The van der Waals surface area contributed by atoms with Gasteiger partial charge in [-0.25, -0.2) is 0 Å². The maximum atomic E-state index is 5.47. The Morgan fingerprint density at radius 2 is 1.55 bits per heavy atom. The fourth-order valence-electron chi connectivity index (χ4n) is 2.60. The van der Waals surface area contributed by atoms with Gasteiger partial charge in [0, 0.05) is 11.8 Å². The van der Waals surface area contributed by atoms with E-state index >= 15 is 0 Å². The van der Waals surface area contributed by atoms with Crippen LogP contribution in [-0.4, -0.2) is 9.38 Å². The van der Waals surface area contributed by atoms with Crippen LogP contribution in [0.15, 0.2) is 66.9 Å². The molecule has 3 heteroatoms. The van der Waals surface area contributed by atoms with E-state index in [1.54, 1.807) is 0 Å². The number of rotatable bonds is 1. The maximum absolute atomic E-state index is 5.47. The first kappa shape index (κ1) is 11.4. The van der Waals surface area contributed by atoms with Crippen molar-refractivity contribution in [3.8, 4) is 11.1 Å². The molecule has 0 atom stereocenters. The van der Waals surface area contributed by atoms with Gasteiger partial charge in [0.1, 0.15) is 4.64 Å². The van der Waals surface area contributed by atoms with Crippen LogP contribution in [0.4, 0.5) is 0 Å². The quantitative estimate of drug-likeness (QED) is 0.494. The van der Waals surface area contributed by atoms with Crippen LogP contribution < -0.4 is 0 Å². The van der Waals surface area contributed by atoms with Crippen LogP contribution in [0, 0.1) is 4.64 Å². The Hall–Kier alpha value is -2.39. The summed E-state index contributed by atoms with van der Waals surface area (Å²) >= 11 is 5.47. The van der Waals surface area contributed by atoms with Crippen LogP contribution >= 0.6 is 12.2 Å². The summed E-state index contributed by atoms with van der Waals surface area (Å²) in [6, 6.07) is 20.7. The number of nitrogens with one attached hydrogen (secondary N) is 1. The second-order valence-corrected chi connectivity index (χ2v) is 5.23. The molecule has 0 radical (unpaired) electrons. The van der Waals surface area contributed by atoms with Crippen molar-refractivity contribution in [2.75, 3.05) is 0 Å². The van der Waals surface area contributed by atoms with Crippen LogP contribution in [0.3, 0.4) is 0 Å². The normalized spacial score (nSPS) is 11.2. The van der Waals surface area contributed by atoms with Crippen molar-refractivity contribution in [1.82, 2.24) is 9.38 Å². The average Bonchev–Trinajstić information content (AvgIpc) is 2.94. The van der Waals surface area contributed by atoms with Crippen LogP contribution in [0.1, 0.15) is 0 Å². The monoisotopic (exact) mass is 276 g/mol. The Balaban J connectivity index is 2.11. The predicted molar refractivity (Wildman–Crippen MR) is 85.5 cm³/mol. The first-order valence-corrected chi connectivity index (χ1v) is 6.92. The van der Waals surface area contributed by atoms with Crippen LogP contribution in [0.2, 0.25) is 0 Å². The van der Waals surface area contributed by atoms with Gasteiger partial charge < -0.3 is 9.38 Å². The number of benzene rings is 2. The fourth-order valence-corrected chi connectivity index (χ4v) is 2.87. The van der Waals surface area contributed by atoms with Crippen molar-refractivity contribution in [3.05, 3.63) is 71.5 Å². The predicted octanol–water partition coefficient (Wildman–Crippen LogP) is 4.82. The molecule has 0 unspecified atom stereocenters. The molecule has 0 aliphatic carbocycles. The molecule has 4 rings (SSSR count). The molecule has 20 heavy (non-hydrogen) atoms. The average molecular weight is 276 g/mol. The summed E-state index contributed by atoms with van der Waals surface area (Å²) in [4.78, 5) is 3.29. The molecule has 0 spiro atoms. The molecule has 4 aromatic rings. The summed E-state index contributed by atoms with van der Waals surface area (Å²) in [6.07, 6.45) is 2.15. The van der Waals surface area contributed by atoms with Crippen molar-refractivity contribution < 1.29 is 0 Å². The summed E-state index contributed by atoms with van der Waals surface area (Å²) in [5.41, 5.74) is 5.62. The number of aromatic amines is 1. The van der Waals surface area contributed by atoms with E-state index in [0.29, 0.717) is 0 Å². The SMILES string of the molecule is S=c1[nH]c2ccccc2n2cc(-c3ccccc3)cc12. The molecule has 0 amide bonds. The lowest BCUT2D eigenvalue weighted by molar-refractivity contribution is 1.22. The first-order chi connectivity index (χ1) is 9.83. The zero-order valence-corrected chi connectivity index (χ0v) is 11.5. The molecule has 1 N–H and O–H groups in total. The van der Waals surface area contributed by atoms with E-state index in [0.717, 1.165) is 21.2 Å². The van der Waals surface area contributed by atoms with Gasteiger partial charge in [-0.3, -0.25) is 0 Å². The third-order valence-electron chi connectivity index (χ3n) is 3.57. The molecule has 2 aromatic heterocycles. The molecule has 0 saturated heterocycles. The number of H-pyrrole nitrogens is 1. The molecule has 2 heterocycles. The van der Waals surface area contributed by atoms with Gasteiger partial charge in [0.2, 0.25) is 0 Å². The number of para-hydroxylation sites is 2. The topological polar surface area (TPSA) is 20.2 Å². The van der Waals surface area contributed by atoms with E-state index in [2.05, 4.69) is 52.0 Å². The van der Waals surface area contributed by atoms with Crippen LogP contribution in [0.5, 0.6) is 0 Å². The highest BCUT2D eigenvalue weighted by Gasteiger charge is 2.06. The highest BCUT2D eigenvalue weighted by atomic mass is 32.1. The first-order valence-electron chi connectivity index (χ1n) is 6.51. The lowest BCUT2D eigenvalue weighted by Crippen LogP contribution is -1.89. The van der Waals surface area contributed by atoms with E-state index < -0.39 is 0 Å². The smallest absolute Gasteiger partial charge is 0.128 e. The van der Waals surface area contributed by atoms with Crippen molar-refractivity contribution in [2.24, 2.45) is 0 Å². The molecule has 0 fully saturated rings. The Morgan fingerprint density at radius 1 is 0.800 bits per heavy atom. The Morgan fingerprint density at radius 3 is 2.40 bits per heavy atom. The Kier molecular flexibility index (Phi) is 2.47. The lowest BCUT2D eigenvalue weighted by atomic mass is 10.1. The van der Waals surface area contributed by atoms with Crippen molar-refractivity contribution in [1.29, 1.82) is 0 Å². The minimum Gasteiger partial charge on any atom is -0.343 e. The zero-order valence-electron chi connectivity index (χ0n) is 10.7. The summed E-state index contributed by atoms with van der Waals surface area (Å²) in [6.45, 7) is 0. The lowest BCUT2D eigenvalue weighted by Gasteiger charge is -2.02. The molecule has 0 aliphatic rings. The molecule has 96 valence electrons. The fraction of sp³-hybridized carbons (Fsp3) is 0. The van der Waals surface area contributed by atoms with Gasteiger partial charge >= 0.3 is 0 Å². The Bertz CT molecular complexity index is 965. The van der Waals surface area contributed by atoms with Crippen LogP contribution in [0.25, 0.3) is 27.7 Å². The highest BCUT2D eigenvalue weighted by Crippen LogP contribution is 2.25. The van der Waals surface area contributed by atoms with Gasteiger partial charge in [-0.05, 0) is 23.8 Å². The van der Waals surface area contributed by atoms with Crippen molar-refractivity contribution >= 4 is 28.8 Å². The molecular weight excluding hydrogens is 264 g/mol. The van der Waals surface area contributed by atoms with Gasteiger partial charge in [-0.1, -0.05) is 54.7 Å². The van der Waals surface area contributed by atoms with Gasteiger partial charge in [-0.2, -0.15) is 0 Å². The largest absolute Gasteiger partial charge is 0.343 e. The van der Waals surface area contributed by atoms with Crippen LogP contribution in [-0.2, 0) is 0 Å². The maximum Gasteiger partial charge on any atom is 0.128 e. The molecule has 2 nitrogen and oxygen atoms in total. The summed E-state index contributed by atoms with van der Waals surface area (Å²) in [5, 5.41) is 0. The van der Waals surface area contributed by atoms with E-state index in [1.807, 2.05) is 24.3 Å². The van der Waals surface area contributed by atoms with E-state index in [1.165, 1.54) is 11.1 Å². The molecular formula is C17H12N2S. The van der Waals surface area contributed by atoms with Crippen molar-refractivity contribution in [2.45, 2.75) is 0 Å². The summed E-state index contributed by atoms with van der Waals surface area (Å²) < 4.78 is 2.93. The highest BCUT2D eigenvalue weighted by molar-refractivity contribution is 7.71. The second-order valence-electron chi connectivity index (χ2n) is 4.82. The number of aromatic nitrogens is 2. The van der Waals surface area contributed by atoms with Gasteiger partial charge in [0.25, 0.3) is 0 Å². The number of nitrogens with zero attached hydrogens (tertiary/aromatic N) is 1. The Labute approximate surface area is 121 Å². The minimum absolute atomic E-state index is 0.769. The van der Waals surface area contributed by atoms with E-state index in [-0.39, 0.29) is 0 Å². The van der Waals surface area contributed by atoms with Gasteiger partial charge in [-0.15, -0.1) is 0 Å². The molecule has 0 saturated carbocycles. The molecule has 2 aromatic carbocycles.